The van der Waals surface area contributed by atoms with Crippen LogP contribution in [0.25, 0.3) is 5.76 Å². The number of aliphatic hydroxyl groups is 1. The summed E-state index contributed by atoms with van der Waals surface area (Å²) >= 11 is 6.35. The molecule has 0 spiro atoms. The minimum absolute atomic E-state index is 0.0290. The molecule has 0 aromatic heterocycles. The van der Waals surface area contributed by atoms with Crippen LogP contribution < -0.4 is 9.64 Å². The summed E-state index contributed by atoms with van der Waals surface area (Å²) in [4.78, 5) is 27.8. The fourth-order valence-electron chi connectivity index (χ4n) is 3.97. The van der Waals surface area contributed by atoms with Crippen LogP contribution in [0.4, 0.5) is 5.69 Å². The largest absolute Gasteiger partial charge is 0.508 e. The van der Waals surface area contributed by atoms with Crippen LogP contribution in [0, 0.1) is 6.92 Å². The van der Waals surface area contributed by atoms with Gasteiger partial charge in [-0.25, -0.2) is 0 Å². The Morgan fingerprint density at radius 2 is 1.82 bits per heavy atom. The Hall–Kier alpha value is -3.77. The van der Waals surface area contributed by atoms with Gasteiger partial charge >= 0.3 is 0 Å². The number of aromatic hydroxyl groups is 1. The number of ketones is 1. The van der Waals surface area contributed by atoms with Gasteiger partial charge in [0.2, 0.25) is 0 Å². The van der Waals surface area contributed by atoms with Crippen molar-refractivity contribution in [3.63, 3.8) is 0 Å². The monoisotopic (exact) mass is 463 g/mol. The van der Waals surface area contributed by atoms with Crippen molar-refractivity contribution in [3.05, 3.63) is 94.0 Å². The Bertz CT molecular complexity index is 1280. The molecule has 1 atom stereocenters. The highest BCUT2D eigenvalue weighted by Crippen LogP contribution is 2.44. The Labute approximate surface area is 196 Å². The van der Waals surface area contributed by atoms with Gasteiger partial charge in [0.1, 0.15) is 17.3 Å². The average Bonchev–Trinajstić information content (AvgIpc) is 3.05. The molecule has 1 amide bonds. The number of carbonyl (C=O) groups excluding carboxylic acids is 2. The zero-order valence-electron chi connectivity index (χ0n) is 18.1. The van der Waals surface area contributed by atoms with Gasteiger partial charge in [0.15, 0.2) is 0 Å². The second-order valence-corrected chi connectivity index (χ2v) is 8.08. The van der Waals surface area contributed by atoms with E-state index in [2.05, 4.69) is 0 Å². The van der Waals surface area contributed by atoms with Crippen LogP contribution in [-0.2, 0) is 9.59 Å². The Morgan fingerprint density at radius 1 is 1.06 bits per heavy atom. The number of anilines is 1. The molecule has 2 N–H and O–H groups in total. The normalized spacial score (nSPS) is 17.4. The first kappa shape index (κ1) is 22.4. The highest BCUT2D eigenvalue weighted by Gasteiger charge is 2.47. The Kier molecular flexibility index (Phi) is 6.11. The van der Waals surface area contributed by atoms with Gasteiger partial charge in [-0.1, -0.05) is 35.9 Å². The standard InChI is InChI=1S/C26H22ClNO5/c1-3-33-19-10-11-21(27)20(14-19)24(30)22-23(16-7-5-9-18(29)13-16)28(26(32)25(22)31)17-8-4-6-15(2)12-17/h4-14,23,29-30H,3H2,1-2H3/b24-22+. The van der Waals surface area contributed by atoms with Gasteiger partial charge in [0, 0.05) is 11.3 Å². The minimum atomic E-state index is -0.967. The average molecular weight is 464 g/mol. The second kappa shape index (κ2) is 9.00. The van der Waals surface area contributed by atoms with E-state index < -0.39 is 23.5 Å². The van der Waals surface area contributed by atoms with Gasteiger partial charge in [-0.3, -0.25) is 14.5 Å². The number of carbonyl (C=O) groups is 2. The number of phenols is 1. The second-order valence-electron chi connectivity index (χ2n) is 7.68. The quantitative estimate of drug-likeness (QED) is 0.301. The number of nitrogens with zero attached hydrogens (tertiary/aromatic N) is 1. The lowest BCUT2D eigenvalue weighted by Gasteiger charge is -2.26. The molecule has 1 saturated heterocycles. The van der Waals surface area contributed by atoms with E-state index in [1.165, 1.54) is 23.1 Å². The number of hydrogen-bond acceptors (Lipinski definition) is 5. The number of aliphatic hydroxyl groups excluding tert-OH is 1. The van der Waals surface area contributed by atoms with Crippen molar-refractivity contribution in [2.24, 2.45) is 0 Å². The number of benzene rings is 3. The van der Waals surface area contributed by atoms with E-state index in [9.17, 15) is 19.8 Å². The maximum Gasteiger partial charge on any atom is 0.300 e. The van der Waals surface area contributed by atoms with Gasteiger partial charge in [0.25, 0.3) is 11.7 Å². The van der Waals surface area contributed by atoms with Crippen molar-refractivity contribution < 1.29 is 24.5 Å². The first-order valence-electron chi connectivity index (χ1n) is 10.4. The third-order valence-electron chi connectivity index (χ3n) is 5.41. The summed E-state index contributed by atoms with van der Waals surface area (Å²) in [7, 11) is 0. The molecule has 3 aromatic rings. The van der Waals surface area contributed by atoms with Crippen LogP contribution in [0.15, 0.2) is 72.3 Å². The summed E-state index contributed by atoms with van der Waals surface area (Å²) in [6.07, 6.45) is 0. The number of rotatable bonds is 5. The summed E-state index contributed by atoms with van der Waals surface area (Å²) in [6, 6.07) is 17.2. The van der Waals surface area contributed by atoms with Crippen molar-refractivity contribution in [1.82, 2.24) is 0 Å². The molecule has 4 rings (SSSR count). The Balaban J connectivity index is 1.97. The predicted octanol–water partition coefficient (Wildman–Crippen LogP) is 5.38. The lowest BCUT2D eigenvalue weighted by Crippen LogP contribution is -2.29. The molecular weight excluding hydrogens is 442 g/mol. The van der Waals surface area contributed by atoms with Crippen LogP contribution in [0.3, 0.4) is 0 Å². The van der Waals surface area contributed by atoms with Crippen LogP contribution in [0.2, 0.25) is 5.02 Å². The summed E-state index contributed by atoms with van der Waals surface area (Å²) in [6.45, 7) is 4.11. The molecule has 0 bridgehead atoms. The lowest BCUT2D eigenvalue weighted by atomic mass is 9.94. The number of Topliss-reactive ketones (excluding diaryl/α,β-unsaturated/α-hetero) is 1. The smallest absolute Gasteiger partial charge is 0.300 e. The molecule has 1 aliphatic heterocycles. The van der Waals surface area contributed by atoms with Gasteiger partial charge in [-0.15, -0.1) is 0 Å². The van der Waals surface area contributed by atoms with Crippen molar-refractivity contribution in [3.8, 4) is 11.5 Å². The summed E-state index contributed by atoms with van der Waals surface area (Å²) < 4.78 is 5.51. The molecule has 168 valence electrons. The highest BCUT2D eigenvalue weighted by molar-refractivity contribution is 6.52. The fraction of sp³-hybridized carbons (Fsp3) is 0.154. The van der Waals surface area contributed by atoms with E-state index in [-0.39, 0.29) is 21.9 Å². The molecule has 6 nitrogen and oxygen atoms in total. The van der Waals surface area contributed by atoms with E-state index in [0.29, 0.717) is 23.6 Å². The van der Waals surface area contributed by atoms with Gasteiger partial charge in [-0.05, 0) is 67.4 Å². The SMILES string of the molecule is CCOc1ccc(Cl)c(/C(O)=C2\C(=O)C(=O)N(c3cccc(C)c3)C2c2cccc(O)c2)c1. The lowest BCUT2D eigenvalue weighted by molar-refractivity contribution is -0.132. The number of ether oxygens (including phenoxy) is 1. The number of hydrogen-bond donors (Lipinski definition) is 2. The summed E-state index contributed by atoms with van der Waals surface area (Å²) in [5, 5.41) is 21.6. The topological polar surface area (TPSA) is 87.1 Å². The molecule has 1 heterocycles. The zero-order valence-corrected chi connectivity index (χ0v) is 18.8. The summed E-state index contributed by atoms with van der Waals surface area (Å²) in [5.74, 6) is -1.61. The van der Waals surface area contributed by atoms with Gasteiger partial charge < -0.3 is 14.9 Å². The first-order valence-corrected chi connectivity index (χ1v) is 10.8. The number of halogens is 1. The number of phenolic OH excluding ortho intramolecular Hbond substituents is 1. The van der Waals surface area contributed by atoms with Crippen molar-refractivity contribution in [2.75, 3.05) is 11.5 Å². The van der Waals surface area contributed by atoms with E-state index in [1.54, 1.807) is 42.5 Å². The van der Waals surface area contributed by atoms with E-state index in [4.69, 9.17) is 16.3 Å². The number of amides is 1. The third-order valence-corrected chi connectivity index (χ3v) is 5.74. The van der Waals surface area contributed by atoms with Crippen LogP contribution in [-0.4, -0.2) is 28.5 Å². The predicted molar refractivity (Wildman–Crippen MR) is 127 cm³/mol. The molecule has 1 aliphatic rings. The molecule has 0 saturated carbocycles. The van der Waals surface area contributed by atoms with Crippen molar-refractivity contribution in [2.45, 2.75) is 19.9 Å². The zero-order chi connectivity index (χ0) is 23.7. The maximum atomic E-state index is 13.2. The Morgan fingerprint density at radius 3 is 2.52 bits per heavy atom. The molecule has 33 heavy (non-hydrogen) atoms. The van der Waals surface area contributed by atoms with Crippen molar-refractivity contribution >= 4 is 34.7 Å². The molecular formula is C26H22ClNO5. The van der Waals surface area contributed by atoms with Crippen LogP contribution >= 0.6 is 11.6 Å². The minimum Gasteiger partial charge on any atom is -0.508 e. The summed E-state index contributed by atoms with van der Waals surface area (Å²) in [5.41, 5.74) is 1.92. The molecule has 1 fully saturated rings. The highest BCUT2D eigenvalue weighted by atomic mass is 35.5. The molecule has 7 heteroatoms. The van der Waals surface area contributed by atoms with E-state index >= 15 is 0 Å². The molecule has 3 aromatic carbocycles. The maximum absolute atomic E-state index is 13.2. The van der Waals surface area contributed by atoms with Crippen LogP contribution in [0.5, 0.6) is 11.5 Å². The molecule has 0 radical (unpaired) electrons. The third kappa shape index (κ3) is 4.17. The number of aryl methyl sites for hydroxylation is 1. The first-order chi connectivity index (χ1) is 15.8. The van der Waals surface area contributed by atoms with E-state index in [0.717, 1.165) is 5.56 Å². The van der Waals surface area contributed by atoms with Crippen molar-refractivity contribution in [1.29, 1.82) is 0 Å². The van der Waals surface area contributed by atoms with Gasteiger partial charge in [-0.2, -0.15) is 0 Å². The van der Waals surface area contributed by atoms with Crippen LogP contribution in [0.1, 0.15) is 29.7 Å². The van der Waals surface area contributed by atoms with Gasteiger partial charge in [0.05, 0.1) is 23.2 Å². The van der Waals surface area contributed by atoms with E-state index in [1.807, 2.05) is 19.9 Å². The molecule has 1 unspecified atom stereocenters. The fourth-order valence-corrected chi connectivity index (χ4v) is 4.18. The molecule has 0 aliphatic carbocycles.